The zero-order chi connectivity index (χ0) is 11.2. The zero-order valence-electron chi connectivity index (χ0n) is 8.50. The van der Waals surface area contributed by atoms with E-state index in [2.05, 4.69) is 0 Å². The molecule has 0 saturated heterocycles. The molecule has 2 aromatic rings. The predicted octanol–water partition coefficient (Wildman–Crippen LogP) is 2.89. The van der Waals surface area contributed by atoms with Gasteiger partial charge in [-0.15, -0.1) is 0 Å². The molecule has 3 nitrogen and oxygen atoms in total. The van der Waals surface area contributed by atoms with Gasteiger partial charge in [-0.05, 0) is 24.3 Å². The quantitative estimate of drug-likeness (QED) is 0.624. The van der Waals surface area contributed by atoms with Crippen LogP contribution in [0.3, 0.4) is 0 Å². The molecule has 0 N–H and O–H groups in total. The molecule has 84 valence electrons. The van der Waals surface area contributed by atoms with Crippen LogP contribution in [0.15, 0.2) is 60.7 Å². The first-order valence-electron chi connectivity index (χ1n) is 4.84. The maximum absolute atomic E-state index is 11.5. The number of benzene rings is 2. The Balaban J connectivity index is 0.00000144. The van der Waals surface area contributed by atoms with Crippen molar-refractivity contribution < 1.29 is 13.6 Å². The number of hydrogen-bond donors (Lipinski definition) is 0. The van der Waals surface area contributed by atoms with Gasteiger partial charge in [0.2, 0.25) is 0 Å². The maximum atomic E-state index is 11.5. The summed E-state index contributed by atoms with van der Waals surface area (Å²) >= 11 is 0. The molecule has 17 heavy (non-hydrogen) atoms. The molecular formula is C12H12NaO3P. The van der Waals surface area contributed by atoms with Crippen molar-refractivity contribution in [3.63, 3.8) is 0 Å². The van der Waals surface area contributed by atoms with E-state index in [0.29, 0.717) is 11.5 Å². The Morgan fingerprint density at radius 2 is 1.06 bits per heavy atom. The molecule has 2 aromatic carbocycles. The normalized spacial score (nSPS) is 9.47. The molecule has 0 aliphatic rings. The van der Waals surface area contributed by atoms with Crippen molar-refractivity contribution in [2.45, 2.75) is 0 Å². The third-order valence-corrected chi connectivity index (χ3v) is 2.69. The molecule has 0 aromatic heterocycles. The summed E-state index contributed by atoms with van der Waals surface area (Å²) in [6.45, 7) is 0. The van der Waals surface area contributed by atoms with E-state index >= 15 is 0 Å². The monoisotopic (exact) mass is 258 g/mol. The second-order valence-electron chi connectivity index (χ2n) is 3.08. The topological polar surface area (TPSA) is 35.5 Å². The van der Waals surface area contributed by atoms with E-state index in [4.69, 9.17) is 9.05 Å². The van der Waals surface area contributed by atoms with Crippen molar-refractivity contribution in [1.82, 2.24) is 0 Å². The van der Waals surface area contributed by atoms with E-state index in [1.807, 2.05) is 36.4 Å². The van der Waals surface area contributed by atoms with Gasteiger partial charge in [-0.25, -0.2) is 4.57 Å². The number of hydrogen-bond acceptors (Lipinski definition) is 3. The van der Waals surface area contributed by atoms with E-state index in [1.165, 1.54) is 0 Å². The van der Waals surface area contributed by atoms with Gasteiger partial charge in [-0.2, -0.15) is 0 Å². The second-order valence-corrected chi connectivity index (χ2v) is 3.99. The molecule has 0 amide bonds. The minimum absolute atomic E-state index is 0. The Hall–Kier alpha value is -0.730. The Kier molecular flexibility index (Phi) is 6.38. The van der Waals surface area contributed by atoms with Crippen LogP contribution in [-0.4, -0.2) is 29.6 Å². The van der Waals surface area contributed by atoms with Crippen molar-refractivity contribution in [3.05, 3.63) is 60.7 Å². The van der Waals surface area contributed by atoms with Crippen molar-refractivity contribution in [3.8, 4) is 11.5 Å². The van der Waals surface area contributed by atoms with Gasteiger partial charge in [0.1, 0.15) is 11.5 Å². The molecular weight excluding hydrogens is 246 g/mol. The van der Waals surface area contributed by atoms with Crippen LogP contribution in [-0.2, 0) is 4.57 Å². The van der Waals surface area contributed by atoms with E-state index in [-0.39, 0.29) is 29.6 Å². The van der Waals surface area contributed by atoms with E-state index in [0.717, 1.165) is 0 Å². The van der Waals surface area contributed by atoms with Gasteiger partial charge in [0.15, 0.2) is 0 Å². The molecule has 0 unspecified atom stereocenters. The second kappa shape index (κ2) is 7.57. The van der Waals surface area contributed by atoms with Crippen LogP contribution >= 0.6 is 8.25 Å². The molecule has 0 spiro atoms. The van der Waals surface area contributed by atoms with E-state index < -0.39 is 8.25 Å². The first-order valence-corrected chi connectivity index (χ1v) is 6.07. The van der Waals surface area contributed by atoms with Crippen LogP contribution in [0.25, 0.3) is 0 Å². The fourth-order valence-electron chi connectivity index (χ4n) is 1.19. The molecule has 0 aliphatic carbocycles. The minimum atomic E-state index is -2.54. The molecule has 0 bridgehead atoms. The number of rotatable bonds is 4. The van der Waals surface area contributed by atoms with Crippen LogP contribution in [0.1, 0.15) is 0 Å². The summed E-state index contributed by atoms with van der Waals surface area (Å²) in [7, 11) is -2.54. The van der Waals surface area contributed by atoms with E-state index in [1.54, 1.807) is 24.3 Å². The summed E-state index contributed by atoms with van der Waals surface area (Å²) in [5.41, 5.74) is 0. The van der Waals surface area contributed by atoms with Crippen LogP contribution in [0.4, 0.5) is 0 Å². The molecule has 0 aliphatic heterocycles. The zero-order valence-corrected chi connectivity index (χ0v) is 9.50. The summed E-state index contributed by atoms with van der Waals surface area (Å²) in [5, 5.41) is 0. The van der Waals surface area contributed by atoms with Gasteiger partial charge in [-0.1, -0.05) is 36.4 Å². The fourth-order valence-corrected chi connectivity index (χ4v) is 1.89. The van der Waals surface area contributed by atoms with Crippen molar-refractivity contribution in [1.29, 1.82) is 0 Å². The molecule has 2 rings (SSSR count). The predicted molar refractivity (Wildman–Crippen MR) is 70.3 cm³/mol. The standard InChI is InChI=1S/C12H11O3P.Na.H/c13-16(14-11-7-3-1-4-8-11)15-12-9-5-2-6-10-12;;/h1-10,16H;;. The summed E-state index contributed by atoms with van der Waals surface area (Å²) in [6, 6.07) is 17.9. The van der Waals surface area contributed by atoms with Gasteiger partial charge in [0.25, 0.3) is 0 Å². The van der Waals surface area contributed by atoms with Crippen LogP contribution < -0.4 is 9.05 Å². The van der Waals surface area contributed by atoms with Crippen molar-refractivity contribution >= 4 is 37.8 Å². The van der Waals surface area contributed by atoms with Crippen LogP contribution in [0, 0.1) is 0 Å². The van der Waals surface area contributed by atoms with Gasteiger partial charge in [-0.3, -0.25) is 0 Å². The summed E-state index contributed by atoms with van der Waals surface area (Å²) in [6.07, 6.45) is 0. The third-order valence-electron chi connectivity index (χ3n) is 1.89. The van der Waals surface area contributed by atoms with Gasteiger partial charge in [0.05, 0.1) is 0 Å². The molecule has 0 saturated carbocycles. The third kappa shape index (κ3) is 4.97. The first-order chi connectivity index (χ1) is 7.84. The van der Waals surface area contributed by atoms with Gasteiger partial charge < -0.3 is 9.05 Å². The van der Waals surface area contributed by atoms with Crippen molar-refractivity contribution in [2.24, 2.45) is 0 Å². The summed E-state index contributed by atoms with van der Waals surface area (Å²) in [5.74, 6) is 1.09. The van der Waals surface area contributed by atoms with E-state index in [9.17, 15) is 4.57 Å². The fraction of sp³-hybridized carbons (Fsp3) is 0. The molecule has 0 fully saturated rings. The molecule has 0 heterocycles. The van der Waals surface area contributed by atoms with Gasteiger partial charge in [0, 0.05) is 0 Å². The molecule has 5 heteroatoms. The summed E-state index contributed by atoms with van der Waals surface area (Å²) in [4.78, 5) is 0. The number of para-hydroxylation sites is 2. The average Bonchev–Trinajstić information content (AvgIpc) is 2.31. The summed E-state index contributed by atoms with van der Waals surface area (Å²) < 4.78 is 21.8. The molecule has 0 radical (unpaired) electrons. The first kappa shape index (κ1) is 14.3. The Bertz CT molecular complexity index is 418. The van der Waals surface area contributed by atoms with Crippen molar-refractivity contribution in [2.75, 3.05) is 0 Å². The Morgan fingerprint density at radius 3 is 1.41 bits per heavy atom. The SMILES string of the molecule is O=[PH](Oc1ccccc1)Oc1ccccc1.[NaH]. The molecule has 0 atom stereocenters. The Morgan fingerprint density at radius 1 is 0.706 bits per heavy atom. The van der Waals surface area contributed by atoms with Crippen LogP contribution in [0.5, 0.6) is 11.5 Å². The van der Waals surface area contributed by atoms with Gasteiger partial charge >= 0.3 is 37.8 Å². The Labute approximate surface area is 123 Å². The average molecular weight is 258 g/mol. The van der Waals surface area contributed by atoms with Crippen LogP contribution in [0.2, 0.25) is 0 Å².